The van der Waals surface area contributed by atoms with Crippen LogP contribution in [-0.2, 0) is 11.2 Å². The van der Waals surface area contributed by atoms with Crippen molar-refractivity contribution in [2.75, 3.05) is 24.7 Å². The van der Waals surface area contributed by atoms with Gasteiger partial charge in [0.25, 0.3) is 0 Å². The predicted molar refractivity (Wildman–Crippen MR) is 78.1 cm³/mol. The van der Waals surface area contributed by atoms with Gasteiger partial charge in [0.1, 0.15) is 0 Å². The number of hydrogen-bond donors (Lipinski definition) is 2. The topological polar surface area (TPSA) is 41.1 Å². The number of para-hydroxylation sites is 1. The van der Waals surface area contributed by atoms with Crippen molar-refractivity contribution in [1.82, 2.24) is 5.32 Å². The summed E-state index contributed by atoms with van der Waals surface area (Å²) in [7, 11) is 0. The van der Waals surface area contributed by atoms with Crippen LogP contribution in [0.2, 0.25) is 0 Å². The number of amides is 1. The van der Waals surface area contributed by atoms with Crippen molar-refractivity contribution in [3.05, 3.63) is 29.8 Å². The summed E-state index contributed by atoms with van der Waals surface area (Å²) in [5.74, 6) is 0.215. The molecule has 1 aromatic carbocycles. The van der Waals surface area contributed by atoms with E-state index in [2.05, 4.69) is 35.9 Å². The minimum atomic E-state index is 0.0500. The van der Waals surface area contributed by atoms with Crippen molar-refractivity contribution in [3.8, 4) is 0 Å². The van der Waals surface area contributed by atoms with E-state index in [-0.39, 0.29) is 11.8 Å². The van der Waals surface area contributed by atoms with Crippen molar-refractivity contribution >= 4 is 23.4 Å². The standard InChI is InChI=1S/C14H20N2OS/c1-10(18-2)8-16-14(17)12-7-11-5-3-4-6-13(11)15-9-12/h3-6,10,12,15H,7-9H2,1-2H3,(H,16,17). The van der Waals surface area contributed by atoms with E-state index in [0.717, 1.165) is 19.5 Å². The predicted octanol–water partition coefficient (Wildman–Crippen LogP) is 2.14. The molecular formula is C14H20N2OS. The molecule has 0 saturated carbocycles. The fraction of sp³-hybridized carbons (Fsp3) is 0.500. The van der Waals surface area contributed by atoms with Gasteiger partial charge < -0.3 is 10.6 Å². The zero-order valence-electron chi connectivity index (χ0n) is 10.9. The number of nitrogens with one attached hydrogen (secondary N) is 2. The molecule has 18 heavy (non-hydrogen) atoms. The minimum absolute atomic E-state index is 0.0500. The highest BCUT2D eigenvalue weighted by Crippen LogP contribution is 2.24. The van der Waals surface area contributed by atoms with Gasteiger partial charge in [-0.05, 0) is 24.3 Å². The quantitative estimate of drug-likeness (QED) is 0.875. The van der Waals surface area contributed by atoms with E-state index in [4.69, 9.17) is 0 Å². The van der Waals surface area contributed by atoms with Gasteiger partial charge >= 0.3 is 0 Å². The third-order valence-electron chi connectivity index (χ3n) is 3.36. The Morgan fingerprint density at radius 3 is 3.11 bits per heavy atom. The molecule has 0 spiro atoms. The number of fused-ring (bicyclic) bond motifs is 1. The van der Waals surface area contributed by atoms with Gasteiger partial charge in [0, 0.05) is 24.0 Å². The molecule has 0 saturated heterocycles. The first-order valence-electron chi connectivity index (χ1n) is 6.33. The Morgan fingerprint density at radius 1 is 1.56 bits per heavy atom. The lowest BCUT2D eigenvalue weighted by atomic mass is 9.93. The van der Waals surface area contributed by atoms with E-state index in [1.165, 1.54) is 11.3 Å². The molecule has 2 unspecified atom stereocenters. The summed E-state index contributed by atoms with van der Waals surface area (Å²) in [6, 6.07) is 8.20. The van der Waals surface area contributed by atoms with Crippen LogP contribution < -0.4 is 10.6 Å². The Morgan fingerprint density at radius 2 is 2.33 bits per heavy atom. The third-order valence-corrected chi connectivity index (χ3v) is 4.33. The summed E-state index contributed by atoms with van der Waals surface area (Å²) in [5, 5.41) is 6.83. The van der Waals surface area contributed by atoms with Gasteiger partial charge in [-0.2, -0.15) is 11.8 Å². The van der Waals surface area contributed by atoms with Gasteiger partial charge in [0.15, 0.2) is 0 Å². The molecule has 0 aromatic heterocycles. The summed E-state index contributed by atoms with van der Waals surface area (Å²) < 4.78 is 0. The summed E-state index contributed by atoms with van der Waals surface area (Å²) in [6.07, 6.45) is 2.90. The molecule has 4 heteroatoms. The fourth-order valence-corrected chi connectivity index (χ4v) is 2.35. The molecule has 0 radical (unpaired) electrons. The average Bonchev–Trinajstić information content (AvgIpc) is 2.43. The Hall–Kier alpha value is -1.16. The maximum Gasteiger partial charge on any atom is 0.225 e. The van der Waals surface area contributed by atoms with E-state index < -0.39 is 0 Å². The molecular weight excluding hydrogens is 244 g/mol. The average molecular weight is 264 g/mol. The molecule has 98 valence electrons. The molecule has 3 nitrogen and oxygen atoms in total. The lowest BCUT2D eigenvalue weighted by Crippen LogP contribution is -2.40. The zero-order valence-corrected chi connectivity index (χ0v) is 11.7. The van der Waals surface area contributed by atoms with Crippen LogP contribution in [0.3, 0.4) is 0 Å². The van der Waals surface area contributed by atoms with E-state index in [0.29, 0.717) is 5.25 Å². The monoisotopic (exact) mass is 264 g/mol. The molecule has 0 fully saturated rings. The van der Waals surface area contributed by atoms with Gasteiger partial charge in [0.2, 0.25) is 5.91 Å². The number of benzene rings is 1. The van der Waals surface area contributed by atoms with Crippen molar-refractivity contribution in [1.29, 1.82) is 0 Å². The molecule has 1 aliphatic rings. The van der Waals surface area contributed by atoms with Gasteiger partial charge in [-0.25, -0.2) is 0 Å². The lowest BCUT2D eigenvalue weighted by Gasteiger charge is -2.25. The van der Waals surface area contributed by atoms with Crippen molar-refractivity contribution < 1.29 is 4.79 Å². The maximum atomic E-state index is 12.1. The van der Waals surface area contributed by atoms with Gasteiger partial charge in [-0.15, -0.1) is 0 Å². The van der Waals surface area contributed by atoms with Gasteiger partial charge in [-0.1, -0.05) is 25.1 Å². The molecule has 0 bridgehead atoms. The normalized spacial score (nSPS) is 19.6. The zero-order chi connectivity index (χ0) is 13.0. The summed E-state index contributed by atoms with van der Waals surface area (Å²) in [5.41, 5.74) is 2.40. The fourth-order valence-electron chi connectivity index (χ4n) is 2.10. The molecule has 1 heterocycles. The van der Waals surface area contributed by atoms with Crippen molar-refractivity contribution in [3.63, 3.8) is 0 Å². The molecule has 1 amide bonds. The molecule has 2 rings (SSSR count). The first-order valence-corrected chi connectivity index (χ1v) is 7.61. The summed E-state index contributed by atoms with van der Waals surface area (Å²) >= 11 is 1.77. The second-order valence-corrected chi connectivity index (χ2v) is 6.01. The first kappa shape index (κ1) is 13.3. The maximum absolute atomic E-state index is 12.1. The van der Waals surface area contributed by atoms with Gasteiger partial charge in [0.05, 0.1) is 5.92 Å². The van der Waals surface area contributed by atoms with E-state index in [9.17, 15) is 4.79 Å². The second kappa shape index (κ2) is 6.14. The van der Waals surface area contributed by atoms with Crippen LogP contribution in [0, 0.1) is 5.92 Å². The highest BCUT2D eigenvalue weighted by Gasteiger charge is 2.24. The van der Waals surface area contributed by atoms with Crippen LogP contribution in [0.15, 0.2) is 24.3 Å². The lowest BCUT2D eigenvalue weighted by molar-refractivity contribution is -0.124. The minimum Gasteiger partial charge on any atom is -0.384 e. The number of anilines is 1. The largest absolute Gasteiger partial charge is 0.384 e. The molecule has 2 atom stereocenters. The smallest absolute Gasteiger partial charge is 0.225 e. The summed E-state index contributed by atoms with van der Waals surface area (Å²) in [4.78, 5) is 12.1. The molecule has 1 aromatic rings. The molecule has 0 aliphatic carbocycles. The SMILES string of the molecule is CSC(C)CNC(=O)C1CNc2ccccc2C1. The first-order chi connectivity index (χ1) is 8.70. The van der Waals surface area contributed by atoms with Crippen LogP contribution in [0.4, 0.5) is 5.69 Å². The summed E-state index contributed by atoms with van der Waals surface area (Å²) in [6.45, 7) is 3.61. The Labute approximate surface area is 113 Å². The van der Waals surface area contributed by atoms with Crippen LogP contribution in [0.25, 0.3) is 0 Å². The number of hydrogen-bond acceptors (Lipinski definition) is 3. The van der Waals surface area contributed by atoms with E-state index in [1.807, 2.05) is 12.1 Å². The van der Waals surface area contributed by atoms with Crippen LogP contribution in [0.1, 0.15) is 12.5 Å². The molecule has 1 aliphatic heterocycles. The molecule has 2 N–H and O–H groups in total. The number of thioether (sulfide) groups is 1. The number of rotatable bonds is 4. The van der Waals surface area contributed by atoms with E-state index >= 15 is 0 Å². The van der Waals surface area contributed by atoms with Crippen LogP contribution in [0.5, 0.6) is 0 Å². The van der Waals surface area contributed by atoms with Crippen LogP contribution in [-0.4, -0.2) is 30.5 Å². The second-order valence-electron chi connectivity index (χ2n) is 4.73. The highest BCUT2D eigenvalue weighted by atomic mass is 32.2. The third kappa shape index (κ3) is 3.19. The Bertz CT molecular complexity index is 422. The highest BCUT2D eigenvalue weighted by molar-refractivity contribution is 7.99. The Balaban J connectivity index is 1.90. The van der Waals surface area contributed by atoms with E-state index in [1.54, 1.807) is 11.8 Å². The number of carbonyl (C=O) groups excluding carboxylic acids is 1. The Kier molecular flexibility index (Phi) is 4.53. The van der Waals surface area contributed by atoms with Crippen LogP contribution >= 0.6 is 11.8 Å². The van der Waals surface area contributed by atoms with Gasteiger partial charge in [-0.3, -0.25) is 4.79 Å². The van der Waals surface area contributed by atoms with Crippen molar-refractivity contribution in [2.45, 2.75) is 18.6 Å². The number of carbonyl (C=O) groups is 1. The van der Waals surface area contributed by atoms with Crippen molar-refractivity contribution in [2.24, 2.45) is 5.92 Å².